The Hall–Kier alpha value is -0.310. The first kappa shape index (κ1) is 12.8. The predicted octanol–water partition coefficient (Wildman–Crippen LogP) is 2.83. The Labute approximate surface area is 99.2 Å². The summed E-state index contributed by atoms with van der Waals surface area (Å²) in [6.45, 7) is 1.02. The first-order chi connectivity index (χ1) is 7.33. The summed E-state index contributed by atoms with van der Waals surface area (Å²) in [7, 11) is 1.86. The van der Waals surface area contributed by atoms with E-state index in [1.807, 2.05) is 7.05 Å². The smallest absolute Gasteiger partial charge is 0.166 e. The summed E-state index contributed by atoms with van der Waals surface area (Å²) in [5.74, 6) is 0.984. The van der Waals surface area contributed by atoms with Crippen LogP contribution in [0.25, 0.3) is 0 Å². The van der Waals surface area contributed by atoms with Gasteiger partial charge in [0.2, 0.25) is 0 Å². The van der Waals surface area contributed by atoms with Crippen LogP contribution in [-0.2, 0) is 0 Å². The van der Waals surface area contributed by atoms with Crippen LogP contribution in [0.5, 0.6) is 0 Å². The molecule has 0 radical (unpaired) electrons. The van der Waals surface area contributed by atoms with E-state index in [1.165, 1.54) is 51.4 Å². The zero-order chi connectivity index (χ0) is 10.9. The van der Waals surface area contributed by atoms with Gasteiger partial charge < -0.3 is 10.6 Å². The first-order valence-electron chi connectivity index (χ1n) is 6.28. The molecule has 2 N–H and O–H groups in total. The lowest BCUT2D eigenvalue weighted by atomic mass is 9.95. The molecule has 0 saturated heterocycles. The second-order valence-corrected chi connectivity index (χ2v) is 4.91. The van der Waals surface area contributed by atoms with E-state index in [-0.39, 0.29) is 0 Å². The lowest BCUT2D eigenvalue weighted by Gasteiger charge is -2.14. The fourth-order valence-electron chi connectivity index (χ4n) is 2.33. The Balaban J connectivity index is 2.00. The van der Waals surface area contributed by atoms with Gasteiger partial charge in [-0.1, -0.05) is 38.5 Å². The van der Waals surface area contributed by atoms with Gasteiger partial charge >= 0.3 is 0 Å². The molecule has 0 aromatic carbocycles. The molecule has 0 unspecified atom stereocenters. The van der Waals surface area contributed by atoms with Crippen molar-refractivity contribution in [1.82, 2.24) is 10.6 Å². The van der Waals surface area contributed by atoms with Crippen LogP contribution in [0.3, 0.4) is 0 Å². The first-order valence-corrected chi connectivity index (χ1v) is 6.69. The molecule has 0 aliphatic heterocycles. The van der Waals surface area contributed by atoms with Crippen molar-refractivity contribution in [3.8, 4) is 0 Å². The maximum Gasteiger partial charge on any atom is 0.166 e. The molecule has 1 fully saturated rings. The van der Waals surface area contributed by atoms with Crippen LogP contribution in [0.15, 0.2) is 0 Å². The monoisotopic (exact) mass is 228 g/mol. The fourth-order valence-corrected chi connectivity index (χ4v) is 2.44. The zero-order valence-electron chi connectivity index (χ0n) is 9.85. The van der Waals surface area contributed by atoms with E-state index in [0.29, 0.717) is 0 Å². The Kier molecular flexibility index (Phi) is 6.73. The lowest BCUT2D eigenvalue weighted by Crippen LogP contribution is -2.33. The molecule has 2 nitrogen and oxygen atoms in total. The Morgan fingerprint density at radius 2 is 1.87 bits per heavy atom. The van der Waals surface area contributed by atoms with Crippen molar-refractivity contribution in [3.63, 3.8) is 0 Å². The standard InChI is InChI=1S/C12H24N2S/c1-13-12(15)14-10-6-9-11-7-4-2-3-5-8-11/h11H,2-10H2,1H3,(H2,13,14,15). The summed E-state index contributed by atoms with van der Waals surface area (Å²) in [5.41, 5.74) is 0. The van der Waals surface area contributed by atoms with Crippen LogP contribution in [0.2, 0.25) is 0 Å². The van der Waals surface area contributed by atoms with E-state index in [9.17, 15) is 0 Å². The molecule has 1 aliphatic rings. The summed E-state index contributed by atoms with van der Waals surface area (Å²) in [6, 6.07) is 0. The number of rotatable bonds is 4. The third kappa shape index (κ3) is 5.98. The van der Waals surface area contributed by atoms with E-state index >= 15 is 0 Å². The molecular formula is C12H24N2S. The molecule has 1 aliphatic carbocycles. The maximum atomic E-state index is 5.02. The largest absolute Gasteiger partial charge is 0.366 e. The second-order valence-electron chi connectivity index (χ2n) is 4.51. The highest BCUT2D eigenvalue weighted by Crippen LogP contribution is 2.25. The van der Waals surface area contributed by atoms with Crippen LogP contribution in [0.4, 0.5) is 0 Å². The minimum Gasteiger partial charge on any atom is -0.366 e. The van der Waals surface area contributed by atoms with Crippen molar-refractivity contribution in [1.29, 1.82) is 0 Å². The average Bonchev–Trinajstić information content (AvgIpc) is 2.52. The van der Waals surface area contributed by atoms with Crippen molar-refractivity contribution in [2.45, 2.75) is 51.4 Å². The van der Waals surface area contributed by atoms with Crippen molar-refractivity contribution >= 4 is 17.3 Å². The minimum atomic E-state index is 0.774. The molecule has 0 bridgehead atoms. The van der Waals surface area contributed by atoms with E-state index in [4.69, 9.17) is 12.2 Å². The highest BCUT2D eigenvalue weighted by molar-refractivity contribution is 7.80. The van der Waals surface area contributed by atoms with Crippen LogP contribution < -0.4 is 10.6 Å². The van der Waals surface area contributed by atoms with Gasteiger partial charge in [-0.15, -0.1) is 0 Å². The topological polar surface area (TPSA) is 24.1 Å². The molecule has 15 heavy (non-hydrogen) atoms. The Morgan fingerprint density at radius 3 is 2.47 bits per heavy atom. The Morgan fingerprint density at radius 1 is 1.20 bits per heavy atom. The molecule has 3 heteroatoms. The molecule has 0 atom stereocenters. The molecule has 0 spiro atoms. The zero-order valence-corrected chi connectivity index (χ0v) is 10.7. The van der Waals surface area contributed by atoms with Gasteiger partial charge in [0.1, 0.15) is 0 Å². The van der Waals surface area contributed by atoms with Gasteiger partial charge in [0.05, 0.1) is 0 Å². The van der Waals surface area contributed by atoms with Crippen molar-refractivity contribution < 1.29 is 0 Å². The van der Waals surface area contributed by atoms with E-state index in [2.05, 4.69) is 10.6 Å². The van der Waals surface area contributed by atoms with Gasteiger partial charge in [0, 0.05) is 13.6 Å². The summed E-state index contributed by atoms with van der Waals surface area (Å²) < 4.78 is 0. The molecule has 0 amide bonds. The van der Waals surface area contributed by atoms with Crippen molar-refractivity contribution in [2.24, 2.45) is 5.92 Å². The summed E-state index contributed by atoms with van der Waals surface area (Å²) in [5, 5.41) is 6.92. The number of thiocarbonyl (C=S) groups is 1. The van der Waals surface area contributed by atoms with Crippen LogP contribution in [0.1, 0.15) is 51.4 Å². The molecule has 1 saturated carbocycles. The second kappa shape index (κ2) is 7.91. The molecule has 1 rings (SSSR count). The van der Waals surface area contributed by atoms with Crippen LogP contribution in [0, 0.1) is 5.92 Å². The molecule has 0 heterocycles. The Bertz CT molecular complexity index is 174. The average molecular weight is 228 g/mol. The minimum absolute atomic E-state index is 0.774. The van der Waals surface area contributed by atoms with Gasteiger partial charge in [-0.2, -0.15) is 0 Å². The third-order valence-corrected chi connectivity index (χ3v) is 3.62. The fraction of sp³-hybridized carbons (Fsp3) is 0.917. The highest BCUT2D eigenvalue weighted by Gasteiger charge is 2.11. The lowest BCUT2D eigenvalue weighted by molar-refractivity contribution is 0.415. The number of hydrogen-bond acceptors (Lipinski definition) is 1. The predicted molar refractivity (Wildman–Crippen MR) is 70.1 cm³/mol. The quantitative estimate of drug-likeness (QED) is 0.439. The van der Waals surface area contributed by atoms with Crippen LogP contribution >= 0.6 is 12.2 Å². The van der Waals surface area contributed by atoms with Crippen molar-refractivity contribution in [2.75, 3.05) is 13.6 Å². The highest BCUT2D eigenvalue weighted by atomic mass is 32.1. The normalized spacial score (nSPS) is 18.2. The maximum absolute atomic E-state index is 5.02. The number of nitrogens with one attached hydrogen (secondary N) is 2. The number of hydrogen-bond donors (Lipinski definition) is 2. The summed E-state index contributed by atoms with van der Waals surface area (Å²) in [4.78, 5) is 0. The van der Waals surface area contributed by atoms with Crippen molar-refractivity contribution in [3.05, 3.63) is 0 Å². The van der Waals surface area contributed by atoms with E-state index in [0.717, 1.165) is 17.6 Å². The molecule has 0 aromatic heterocycles. The molecule has 0 aromatic rings. The van der Waals surface area contributed by atoms with Gasteiger partial charge in [-0.05, 0) is 31.0 Å². The third-order valence-electron chi connectivity index (χ3n) is 3.28. The van der Waals surface area contributed by atoms with Gasteiger partial charge in [-0.25, -0.2) is 0 Å². The molecular weight excluding hydrogens is 204 g/mol. The summed E-state index contributed by atoms with van der Waals surface area (Å²) in [6.07, 6.45) is 11.4. The van der Waals surface area contributed by atoms with E-state index < -0.39 is 0 Å². The van der Waals surface area contributed by atoms with Gasteiger partial charge in [0.25, 0.3) is 0 Å². The van der Waals surface area contributed by atoms with Crippen LogP contribution in [-0.4, -0.2) is 18.7 Å². The molecule has 88 valence electrons. The van der Waals surface area contributed by atoms with Gasteiger partial charge in [0.15, 0.2) is 5.11 Å². The SMILES string of the molecule is CNC(=S)NCCCC1CCCCCC1. The van der Waals surface area contributed by atoms with Gasteiger partial charge in [-0.3, -0.25) is 0 Å². The summed E-state index contributed by atoms with van der Waals surface area (Å²) >= 11 is 5.02. The van der Waals surface area contributed by atoms with E-state index in [1.54, 1.807) is 0 Å².